The molecule has 0 rings (SSSR count). The molecule has 0 saturated carbocycles. The topological polar surface area (TPSA) is 57.5 Å². The zero-order chi connectivity index (χ0) is 21.2. The van der Waals surface area contributed by atoms with Crippen LogP contribution in [0.1, 0.15) is 0 Å². The standard InChI is InChI=1S/C21H35O3PSi2/c1-8-15-26(16-9-2,17-10-3)21(14-7,25(22,23)24)27(18-11-4,19-12-5)20-13-6/h8-14H,1-7,15-20H2,(H2,22,23,24). The van der Waals surface area contributed by atoms with Crippen LogP contribution >= 0.6 is 7.60 Å². The molecule has 0 spiro atoms. The van der Waals surface area contributed by atoms with Gasteiger partial charge in [0.05, 0.1) is 20.6 Å². The maximum absolute atomic E-state index is 13.3. The molecule has 0 aromatic heterocycles. The molecule has 0 aliphatic carbocycles. The summed E-state index contributed by atoms with van der Waals surface area (Å²) in [5, 5.41) is 0. The van der Waals surface area contributed by atoms with Crippen molar-refractivity contribution in [2.75, 3.05) is 0 Å². The Balaban J connectivity index is 7.50. The van der Waals surface area contributed by atoms with Crippen molar-refractivity contribution in [1.82, 2.24) is 0 Å². The third kappa shape index (κ3) is 4.61. The van der Waals surface area contributed by atoms with Crippen molar-refractivity contribution in [3.63, 3.8) is 0 Å². The van der Waals surface area contributed by atoms with Gasteiger partial charge < -0.3 is 9.79 Å². The molecule has 150 valence electrons. The molecule has 2 N–H and O–H groups in total. The van der Waals surface area contributed by atoms with E-state index in [1.54, 1.807) is 42.5 Å². The zero-order valence-corrected chi connectivity index (χ0v) is 19.4. The number of hydrogen-bond acceptors (Lipinski definition) is 1. The quantitative estimate of drug-likeness (QED) is 0.177. The SMILES string of the molecule is C=CC[Si](CC=C)(CC=C)C(C=C)([Si](CC=C)(CC=C)CC=C)P(=O)(O)O. The Morgan fingerprint density at radius 3 is 0.963 bits per heavy atom. The van der Waals surface area contributed by atoms with Gasteiger partial charge >= 0.3 is 7.60 Å². The first-order valence-corrected chi connectivity index (χ1v) is 15.9. The molecule has 0 atom stereocenters. The van der Waals surface area contributed by atoms with Crippen molar-refractivity contribution in [2.45, 2.75) is 40.7 Å². The summed E-state index contributed by atoms with van der Waals surface area (Å²) >= 11 is 0. The van der Waals surface area contributed by atoms with E-state index in [4.69, 9.17) is 0 Å². The fourth-order valence-electron chi connectivity index (χ4n) is 4.82. The van der Waals surface area contributed by atoms with Gasteiger partial charge in [-0.15, -0.1) is 46.1 Å². The van der Waals surface area contributed by atoms with Crippen LogP contribution in [0.25, 0.3) is 0 Å². The van der Waals surface area contributed by atoms with Gasteiger partial charge in [0.25, 0.3) is 0 Å². The van der Waals surface area contributed by atoms with E-state index in [9.17, 15) is 14.4 Å². The van der Waals surface area contributed by atoms with E-state index in [-0.39, 0.29) is 0 Å². The first-order valence-electron chi connectivity index (χ1n) is 9.02. The van der Waals surface area contributed by atoms with Crippen molar-refractivity contribution < 1.29 is 14.4 Å². The highest BCUT2D eigenvalue weighted by atomic mass is 31.2. The fraction of sp³-hybridized carbons (Fsp3) is 0.333. The summed E-state index contributed by atoms with van der Waals surface area (Å²) in [6.45, 7) is 27.4. The highest BCUT2D eigenvalue weighted by Gasteiger charge is 2.68. The molecule has 0 saturated heterocycles. The second-order valence-corrected chi connectivity index (χ2v) is 19.3. The van der Waals surface area contributed by atoms with E-state index in [2.05, 4.69) is 46.1 Å². The van der Waals surface area contributed by atoms with Gasteiger partial charge in [-0.3, -0.25) is 4.57 Å². The van der Waals surface area contributed by atoms with Crippen LogP contribution in [0, 0.1) is 0 Å². The monoisotopic (exact) mass is 422 g/mol. The van der Waals surface area contributed by atoms with Gasteiger partial charge in [-0.05, 0) is 36.3 Å². The molecule has 27 heavy (non-hydrogen) atoms. The molecule has 0 unspecified atom stereocenters. The second-order valence-electron chi connectivity index (χ2n) is 7.03. The smallest absolute Gasteiger partial charge is 0.324 e. The van der Waals surface area contributed by atoms with Gasteiger partial charge in [0.1, 0.15) is 0 Å². The Bertz CT molecular complexity index is 542. The lowest BCUT2D eigenvalue weighted by Gasteiger charge is -2.56. The minimum atomic E-state index is -4.61. The molecule has 6 heteroatoms. The lowest BCUT2D eigenvalue weighted by Crippen LogP contribution is -2.71. The number of allylic oxidation sites excluding steroid dienone is 7. The summed E-state index contributed by atoms with van der Waals surface area (Å²) in [5.41, 5.74) is 0. The Kier molecular flexibility index (Phi) is 10.4. The van der Waals surface area contributed by atoms with Gasteiger partial charge in [-0.1, -0.05) is 42.5 Å². The van der Waals surface area contributed by atoms with Crippen LogP contribution < -0.4 is 0 Å². The zero-order valence-electron chi connectivity index (χ0n) is 16.5. The van der Waals surface area contributed by atoms with Crippen molar-refractivity contribution in [3.05, 3.63) is 88.6 Å². The molecule has 0 fully saturated rings. The van der Waals surface area contributed by atoms with Gasteiger partial charge in [0.15, 0.2) is 0 Å². The average molecular weight is 423 g/mol. The summed E-state index contributed by atoms with van der Waals surface area (Å²) in [5.74, 6) is 0. The molecule has 0 aliphatic heterocycles. The summed E-state index contributed by atoms with van der Waals surface area (Å²) in [6.07, 6.45) is 12.2. The van der Waals surface area contributed by atoms with Gasteiger partial charge in [0.2, 0.25) is 0 Å². The van der Waals surface area contributed by atoms with Crippen LogP contribution in [-0.4, -0.2) is 30.3 Å². The molecule has 0 heterocycles. The van der Waals surface area contributed by atoms with E-state index < -0.39 is 28.1 Å². The summed E-state index contributed by atoms with van der Waals surface area (Å²) in [4.78, 5) is 21.7. The Hall–Kier alpha value is -1.24. The summed E-state index contributed by atoms with van der Waals surface area (Å²) < 4.78 is 12.0. The maximum Gasteiger partial charge on any atom is 0.330 e. The third-order valence-electron chi connectivity index (χ3n) is 5.58. The van der Waals surface area contributed by atoms with Crippen molar-refractivity contribution >= 4 is 23.7 Å². The van der Waals surface area contributed by atoms with Crippen LogP contribution in [0.3, 0.4) is 0 Å². The third-order valence-corrected chi connectivity index (χ3v) is 24.5. The summed E-state index contributed by atoms with van der Waals surface area (Å²) in [7, 11) is -10.2. The Labute approximate surface area is 167 Å². The average Bonchev–Trinajstić information content (AvgIpc) is 2.56. The second kappa shape index (κ2) is 10.9. The lowest BCUT2D eigenvalue weighted by molar-refractivity contribution is 0.366. The molecular weight excluding hydrogens is 387 g/mol. The highest BCUT2D eigenvalue weighted by molar-refractivity contribution is 7.62. The van der Waals surface area contributed by atoms with Crippen LogP contribution in [0.2, 0.25) is 36.3 Å². The molecule has 0 bridgehead atoms. The number of hydrogen-bond donors (Lipinski definition) is 2. The molecule has 0 amide bonds. The minimum absolute atomic E-state index is 0.544. The largest absolute Gasteiger partial charge is 0.330 e. The van der Waals surface area contributed by atoms with E-state index in [0.717, 1.165) is 0 Å². The molecular formula is C21H35O3PSi2. The van der Waals surface area contributed by atoms with Gasteiger partial charge in [-0.2, -0.15) is 0 Å². The van der Waals surface area contributed by atoms with E-state index in [1.807, 2.05) is 0 Å². The molecule has 0 aromatic rings. The first-order chi connectivity index (χ1) is 12.7. The maximum atomic E-state index is 13.3. The van der Waals surface area contributed by atoms with Crippen molar-refractivity contribution in [3.8, 4) is 0 Å². The van der Waals surface area contributed by atoms with E-state index in [1.165, 1.54) is 0 Å². The molecule has 0 radical (unpaired) electrons. The van der Waals surface area contributed by atoms with Crippen molar-refractivity contribution in [2.24, 2.45) is 0 Å². The normalized spacial score (nSPS) is 12.7. The lowest BCUT2D eigenvalue weighted by atomic mass is 10.7. The Morgan fingerprint density at radius 2 is 0.852 bits per heavy atom. The molecule has 0 aliphatic rings. The number of rotatable bonds is 16. The highest BCUT2D eigenvalue weighted by Crippen LogP contribution is 2.65. The molecule has 0 aromatic carbocycles. The van der Waals surface area contributed by atoms with E-state index >= 15 is 0 Å². The fourth-order valence-corrected chi connectivity index (χ4v) is 25.0. The predicted molar refractivity (Wildman–Crippen MR) is 127 cm³/mol. The van der Waals surface area contributed by atoms with Gasteiger partial charge in [-0.25, -0.2) is 0 Å². The van der Waals surface area contributed by atoms with Crippen LogP contribution in [0.4, 0.5) is 0 Å². The van der Waals surface area contributed by atoms with Crippen LogP contribution in [-0.2, 0) is 4.57 Å². The van der Waals surface area contributed by atoms with Gasteiger partial charge in [0, 0.05) is 0 Å². The Morgan fingerprint density at radius 1 is 0.630 bits per heavy atom. The summed E-state index contributed by atoms with van der Waals surface area (Å²) in [6, 6.07) is 3.26. The minimum Gasteiger partial charge on any atom is -0.324 e. The van der Waals surface area contributed by atoms with E-state index in [0.29, 0.717) is 36.3 Å². The first kappa shape index (κ1) is 25.8. The molecule has 3 nitrogen and oxygen atoms in total. The van der Waals surface area contributed by atoms with Crippen LogP contribution in [0.5, 0.6) is 0 Å². The van der Waals surface area contributed by atoms with Crippen molar-refractivity contribution in [1.29, 1.82) is 0 Å². The van der Waals surface area contributed by atoms with Crippen LogP contribution in [0.15, 0.2) is 88.6 Å². The predicted octanol–water partition coefficient (Wildman–Crippen LogP) is 6.18.